The summed E-state index contributed by atoms with van der Waals surface area (Å²) in [5.74, 6) is -0.220. The predicted octanol–water partition coefficient (Wildman–Crippen LogP) is 3.71. The Kier molecular flexibility index (Phi) is 4.92. The summed E-state index contributed by atoms with van der Waals surface area (Å²) in [4.78, 5) is 17.6. The molecule has 0 N–H and O–H groups in total. The highest BCUT2D eigenvalue weighted by molar-refractivity contribution is 7.16. The quantitative estimate of drug-likeness (QED) is 0.727. The average molecular weight is 340 g/mol. The van der Waals surface area contributed by atoms with E-state index in [2.05, 4.69) is 35.5 Å². The van der Waals surface area contributed by atoms with Crippen LogP contribution in [0.1, 0.15) is 21.5 Å². The monoisotopic (exact) mass is 340 g/mol. The van der Waals surface area contributed by atoms with Crippen LogP contribution in [0.4, 0.5) is 0 Å². The van der Waals surface area contributed by atoms with E-state index in [1.165, 1.54) is 11.1 Å². The first-order valence-electron chi connectivity index (χ1n) is 7.84. The Morgan fingerprint density at radius 3 is 2.67 bits per heavy atom. The van der Waals surface area contributed by atoms with Crippen molar-refractivity contribution in [2.75, 3.05) is 13.7 Å². The Morgan fingerprint density at radius 2 is 1.96 bits per heavy atom. The molecule has 124 valence electrons. The lowest BCUT2D eigenvalue weighted by Gasteiger charge is -2.06. The minimum atomic E-state index is -0.220. The average Bonchev–Trinajstić information content (AvgIpc) is 2.91. The van der Waals surface area contributed by atoms with Crippen molar-refractivity contribution < 1.29 is 9.53 Å². The van der Waals surface area contributed by atoms with Crippen molar-refractivity contribution in [3.63, 3.8) is 0 Å². The van der Waals surface area contributed by atoms with Gasteiger partial charge in [-0.2, -0.15) is 4.99 Å². The number of nitrogens with zero attached hydrogens (tertiary/aromatic N) is 2. The van der Waals surface area contributed by atoms with Gasteiger partial charge in [0.2, 0.25) is 0 Å². The van der Waals surface area contributed by atoms with Gasteiger partial charge in [-0.1, -0.05) is 35.6 Å². The molecule has 0 bridgehead atoms. The van der Waals surface area contributed by atoms with Gasteiger partial charge in [-0.3, -0.25) is 4.79 Å². The van der Waals surface area contributed by atoms with Crippen LogP contribution >= 0.6 is 11.3 Å². The lowest BCUT2D eigenvalue weighted by molar-refractivity contribution is 0.0997. The van der Waals surface area contributed by atoms with Crippen LogP contribution in [0.3, 0.4) is 0 Å². The van der Waals surface area contributed by atoms with Crippen molar-refractivity contribution in [1.82, 2.24) is 4.57 Å². The van der Waals surface area contributed by atoms with Crippen molar-refractivity contribution in [3.8, 4) is 0 Å². The van der Waals surface area contributed by atoms with Gasteiger partial charge >= 0.3 is 0 Å². The predicted molar refractivity (Wildman–Crippen MR) is 97.5 cm³/mol. The van der Waals surface area contributed by atoms with Crippen molar-refractivity contribution in [1.29, 1.82) is 0 Å². The van der Waals surface area contributed by atoms with Gasteiger partial charge in [-0.05, 0) is 43.2 Å². The number of hydrogen-bond acceptors (Lipinski definition) is 3. The van der Waals surface area contributed by atoms with Crippen LogP contribution < -0.4 is 4.80 Å². The highest BCUT2D eigenvalue weighted by Gasteiger charge is 2.11. The SMILES string of the molecule is COCCn1c(=NC(=O)c2ccccc2)sc2c(C)cc(C)cc21. The second-order valence-electron chi connectivity index (χ2n) is 5.74. The third-order valence-corrected chi connectivity index (χ3v) is 5.08. The Balaban J connectivity index is 2.17. The van der Waals surface area contributed by atoms with E-state index >= 15 is 0 Å². The van der Waals surface area contributed by atoms with E-state index < -0.39 is 0 Å². The van der Waals surface area contributed by atoms with E-state index in [0.717, 1.165) is 10.2 Å². The van der Waals surface area contributed by atoms with Gasteiger partial charge < -0.3 is 9.30 Å². The Hall–Kier alpha value is -2.24. The summed E-state index contributed by atoms with van der Waals surface area (Å²) in [6, 6.07) is 13.5. The number of rotatable bonds is 4. The molecule has 1 heterocycles. The van der Waals surface area contributed by atoms with Crippen LogP contribution in [0.2, 0.25) is 0 Å². The zero-order valence-corrected chi connectivity index (χ0v) is 14.9. The Bertz CT molecular complexity index is 939. The maximum atomic E-state index is 12.5. The molecule has 1 aromatic heterocycles. The zero-order chi connectivity index (χ0) is 17.1. The number of hydrogen-bond donors (Lipinski definition) is 0. The van der Waals surface area contributed by atoms with E-state index in [4.69, 9.17) is 4.74 Å². The van der Waals surface area contributed by atoms with Crippen LogP contribution in [0, 0.1) is 13.8 Å². The molecular weight excluding hydrogens is 320 g/mol. The standard InChI is InChI=1S/C19H20N2O2S/c1-13-11-14(2)17-16(12-13)21(9-10-23-3)19(24-17)20-18(22)15-7-5-4-6-8-15/h4-8,11-12H,9-10H2,1-3H3. The minimum absolute atomic E-state index is 0.220. The molecule has 0 unspecified atom stereocenters. The van der Waals surface area contributed by atoms with E-state index in [9.17, 15) is 4.79 Å². The number of benzene rings is 2. The van der Waals surface area contributed by atoms with E-state index in [1.54, 1.807) is 30.6 Å². The number of ether oxygens (including phenoxy) is 1. The number of methoxy groups -OCH3 is 1. The molecule has 0 saturated carbocycles. The first-order valence-corrected chi connectivity index (χ1v) is 8.65. The fourth-order valence-electron chi connectivity index (χ4n) is 2.73. The minimum Gasteiger partial charge on any atom is -0.383 e. The third-order valence-electron chi connectivity index (χ3n) is 3.85. The molecule has 24 heavy (non-hydrogen) atoms. The molecule has 3 aromatic rings. The summed E-state index contributed by atoms with van der Waals surface area (Å²) >= 11 is 1.55. The number of carbonyl (C=O) groups is 1. The molecule has 1 amide bonds. The topological polar surface area (TPSA) is 43.6 Å². The van der Waals surface area contributed by atoms with Crippen LogP contribution in [0.15, 0.2) is 47.5 Å². The largest absolute Gasteiger partial charge is 0.383 e. The van der Waals surface area contributed by atoms with Crippen molar-refractivity contribution in [2.24, 2.45) is 4.99 Å². The highest BCUT2D eigenvalue weighted by Crippen LogP contribution is 2.23. The number of thiazole rings is 1. The van der Waals surface area contributed by atoms with Crippen molar-refractivity contribution in [3.05, 3.63) is 64.0 Å². The molecule has 0 saturated heterocycles. The normalized spacial score (nSPS) is 12.0. The Labute approximate surface area is 145 Å². The first kappa shape index (κ1) is 16.6. The van der Waals surface area contributed by atoms with Crippen LogP contribution in [0.25, 0.3) is 10.2 Å². The fraction of sp³-hybridized carbons (Fsp3) is 0.263. The molecular formula is C19H20N2O2S. The molecule has 0 aliphatic rings. The molecule has 3 rings (SSSR count). The second-order valence-corrected chi connectivity index (χ2v) is 6.72. The summed E-state index contributed by atoms with van der Waals surface area (Å²) in [7, 11) is 1.68. The summed E-state index contributed by atoms with van der Waals surface area (Å²) < 4.78 is 8.46. The molecule has 0 aliphatic heterocycles. The van der Waals surface area contributed by atoms with Crippen LogP contribution in [-0.2, 0) is 11.3 Å². The number of carbonyl (C=O) groups excluding carboxylic acids is 1. The van der Waals surface area contributed by atoms with E-state index in [1.807, 2.05) is 18.2 Å². The zero-order valence-electron chi connectivity index (χ0n) is 14.1. The molecule has 0 radical (unpaired) electrons. The van der Waals surface area contributed by atoms with Gasteiger partial charge in [-0.25, -0.2) is 0 Å². The van der Waals surface area contributed by atoms with Gasteiger partial charge in [0.1, 0.15) is 0 Å². The molecule has 0 aliphatic carbocycles. The number of fused-ring (bicyclic) bond motifs is 1. The molecule has 0 fully saturated rings. The summed E-state index contributed by atoms with van der Waals surface area (Å²) in [6.07, 6.45) is 0. The second kappa shape index (κ2) is 7.11. The molecule has 0 spiro atoms. The lowest BCUT2D eigenvalue weighted by Crippen LogP contribution is -2.19. The first-order chi connectivity index (χ1) is 11.6. The molecule has 5 heteroatoms. The van der Waals surface area contributed by atoms with E-state index in [-0.39, 0.29) is 5.91 Å². The van der Waals surface area contributed by atoms with Crippen molar-refractivity contribution >= 4 is 27.5 Å². The third kappa shape index (κ3) is 3.32. The number of aryl methyl sites for hydroxylation is 2. The fourth-order valence-corrected chi connectivity index (χ4v) is 3.83. The summed E-state index contributed by atoms with van der Waals surface area (Å²) in [5.41, 5.74) is 4.11. The summed E-state index contributed by atoms with van der Waals surface area (Å²) in [5, 5.41) is 0. The van der Waals surface area contributed by atoms with Gasteiger partial charge in [-0.15, -0.1) is 0 Å². The molecule has 2 aromatic carbocycles. The highest BCUT2D eigenvalue weighted by atomic mass is 32.1. The lowest BCUT2D eigenvalue weighted by atomic mass is 10.1. The van der Waals surface area contributed by atoms with Crippen LogP contribution in [-0.4, -0.2) is 24.2 Å². The van der Waals surface area contributed by atoms with Gasteiger partial charge in [0.25, 0.3) is 5.91 Å². The van der Waals surface area contributed by atoms with E-state index in [0.29, 0.717) is 23.5 Å². The Morgan fingerprint density at radius 1 is 1.21 bits per heavy atom. The number of aromatic nitrogens is 1. The summed E-state index contributed by atoms with van der Waals surface area (Å²) in [6.45, 7) is 5.41. The van der Waals surface area contributed by atoms with Gasteiger partial charge in [0, 0.05) is 19.2 Å². The van der Waals surface area contributed by atoms with Crippen LogP contribution in [0.5, 0.6) is 0 Å². The van der Waals surface area contributed by atoms with Gasteiger partial charge in [0.15, 0.2) is 4.80 Å². The van der Waals surface area contributed by atoms with Crippen molar-refractivity contribution in [2.45, 2.75) is 20.4 Å². The molecule has 0 atom stereocenters. The maximum absolute atomic E-state index is 12.5. The molecule has 4 nitrogen and oxygen atoms in total. The smallest absolute Gasteiger partial charge is 0.279 e. The number of amides is 1. The van der Waals surface area contributed by atoms with Gasteiger partial charge in [0.05, 0.1) is 16.8 Å². The maximum Gasteiger partial charge on any atom is 0.279 e.